The van der Waals surface area contributed by atoms with Gasteiger partial charge in [0.2, 0.25) is 5.91 Å². The number of anilines is 1. The monoisotopic (exact) mass is 423 g/mol. The van der Waals surface area contributed by atoms with Crippen LogP contribution in [-0.4, -0.2) is 81.3 Å². The van der Waals surface area contributed by atoms with E-state index in [9.17, 15) is 4.79 Å². The van der Waals surface area contributed by atoms with E-state index in [-0.39, 0.29) is 5.91 Å². The van der Waals surface area contributed by atoms with Crippen molar-refractivity contribution in [2.75, 3.05) is 50.7 Å². The molecule has 2 aromatic rings. The third-order valence-corrected chi connectivity index (χ3v) is 5.48. The maximum Gasteiger partial charge on any atom is 0.236 e. The minimum atomic E-state index is 0.211. The van der Waals surface area contributed by atoms with Crippen molar-refractivity contribution in [2.24, 2.45) is 7.05 Å². The third kappa shape index (κ3) is 3.83. The molecule has 8 nitrogen and oxygen atoms in total. The molecular weight excluding hydrogens is 398 g/mol. The van der Waals surface area contributed by atoms with E-state index in [2.05, 4.69) is 40.8 Å². The SMILES string of the molecule is CCN(CC)C(=O)CN1CCCN(c2ncnc3c2c(Br)nn3C)CC1. The predicted octanol–water partition coefficient (Wildman–Crippen LogP) is 1.51. The van der Waals surface area contributed by atoms with Crippen molar-refractivity contribution >= 4 is 38.7 Å². The molecule has 9 heteroatoms. The average Bonchev–Trinajstić information content (AvgIpc) is 2.80. The van der Waals surface area contributed by atoms with Gasteiger partial charge >= 0.3 is 0 Å². The first kappa shape index (κ1) is 19.0. The number of carbonyl (C=O) groups is 1. The van der Waals surface area contributed by atoms with Crippen LogP contribution in [-0.2, 0) is 11.8 Å². The molecular formula is C17H26BrN7O. The molecule has 1 amide bonds. The molecule has 0 aliphatic carbocycles. The highest BCUT2D eigenvalue weighted by Crippen LogP contribution is 2.29. The summed E-state index contributed by atoms with van der Waals surface area (Å²) in [7, 11) is 1.88. The van der Waals surface area contributed by atoms with E-state index in [0.717, 1.165) is 67.1 Å². The van der Waals surface area contributed by atoms with Gasteiger partial charge in [0.15, 0.2) is 5.65 Å². The lowest BCUT2D eigenvalue weighted by atomic mass is 10.3. The van der Waals surface area contributed by atoms with E-state index in [1.807, 2.05) is 25.8 Å². The highest BCUT2D eigenvalue weighted by atomic mass is 79.9. The summed E-state index contributed by atoms with van der Waals surface area (Å²) >= 11 is 3.53. The molecule has 0 bridgehead atoms. The van der Waals surface area contributed by atoms with Crippen molar-refractivity contribution in [3.05, 3.63) is 10.9 Å². The first-order valence-corrected chi connectivity index (χ1v) is 9.92. The van der Waals surface area contributed by atoms with Crippen LogP contribution in [0.3, 0.4) is 0 Å². The predicted molar refractivity (Wildman–Crippen MR) is 105 cm³/mol. The van der Waals surface area contributed by atoms with Crippen LogP contribution in [0.1, 0.15) is 20.3 Å². The van der Waals surface area contributed by atoms with Gasteiger partial charge in [-0.05, 0) is 36.2 Å². The van der Waals surface area contributed by atoms with Crippen LogP contribution in [0.2, 0.25) is 0 Å². The molecule has 26 heavy (non-hydrogen) atoms. The molecule has 142 valence electrons. The zero-order chi connectivity index (χ0) is 18.7. The lowest BCUT2D eigenvalue weighted by Gasteiger charge is -2.25. The smallest absolute Gasteiger partial charge is 0.236 e. The number of likely N-dealkylation sites (N-methyl/N-ethyl adjacent to an activating group) is 1. The van der Waals surface area contributed by atoms with E-state index >= 15 is 0 Å². The Hall–Kier alpha value is -1.74. The largest absolute Gasteiger partial charge is 0.355 e. The van der Waals surface area contributed by atoms with Gasteiger partial charge in [0, 0.05) is 46.3 Å². The maximum atomic E-state index is 12.4. The zero-order valence-corrected chi connectivity index (χ0v) is 17.2. The molecule has 3 rings (SSSR count). The van der Waals surface area contributed by atoms with Crippen LogP contribution < -0.4 is 4.90 Å². The minimum Gasteiger partial charge on any atom is -0.355 e. The Morgan fingerprint density at radius 3 is 2.69 bits per heavy atom. The molecule has 0 saturated carbocycles. The van der Waals surface area contributed by atoms with E-state index in [0.29, 0.717) is 6.54 Å². The zero-order valence-electron chi connectivity index (χ0n) is 15.7. The number of fused-ring (bicyclic) bond motifs is 1. The van der Waals surface area contributed by atoms with Crippen LogP contribution in [0.25, 0.3) is 11.0 Å². The molecule has 0 atom stereocenters. The van der Waals surface area contributed by atoms with Gasteiger partial charge in [-0.25, -0.2) is 14.6 Å². The number of aromatic nitrogens is 4. The molecule has 1 aliphatic heterocycles. The number of hydrogen-bond donors (Lipinski definition) is 0. The molecule has 1 fully saturated rings. The van der Waals surface area contributed by atoms with Crippen molar-refractivity contribution in [2.45, 2.75) is 20.3 Å². The average molecular weight is 424 g/mol. The summed E-state index contributed by atoms with van der Waals surface area (Å²) in [5.41, 5.74) is 0.819. The quantitative estimate of drug-likeness (QED) is 0.725. The lowest BCUT2D eigenvalue weighted by molar-refractivity contribution is -0.132. The molecule has 0 spiro atoms. The van der Waals surface area contributed by atoms with Crippen molar-refractivity contribution in [1.29, 1.82) is 0 Å². The summed E-state index contributed by atoms with van der Waals surface area (Å²) in [6.07, 6.45) is 2.59. The van der Waals surface area contributed by atoms with Crippen LogP contribution in [0.5, 0.6) is 0 Å². The Morgan fingerprint density at radius 2 is 1.96 bits per heavy atom. The Kier molecular flexibility index (Phi) is 6.08. The topological polar surface area (TPSA) is 70.4 Å². The maximum absolute atomic E-state index is 12.4. The molecule has 2 aromatic heterocycles. The van der Waals surface area contributed by atoms with E-state index in [4.69, 9.17) is 0 Å². The summed E-state index contributed by atoms with van der Waals surface area (Å²) in [6.45, 7) is 9.58. The van der Waals surface area contributed by atoms with E-state index in [1.165, 1.54) is 0 Å². The Bertz CT molecular complexity index is 774. The summed E-state index contributed by atoms with van der Waals surface area (Å²) < 4.78 is 2.53. The Morgan fingerprint density at radius 1 is 1.19 bits per heavy atom. The van der Waals surface area contributed by atoms with E-state index in [1.54, 1.807) is 11.0 Å². The number of halogens is 1. The van der Waals surface area contributed by atoms with Crippen molar-refractivity contribution in [3.63, 3.8) is 0 Å². The van der Waals surface area contributed by atoms with Crippen LogP contribution in [0, 0.1) is 0 Å². The minimum absolute atomic E-state index is 0.211. The van der Waals surface area contributed by atoms with Gasteiger partial charge in [0.05, 0.1) is 11.9 Å². The summed E-state index contributed by atoms with van der Waals surface area (Å²) in [6, 6.07) is 0. The normalized spacial score (nSPS) is 16.1. The molecule has 0 unspecified atom stereocenters. The second kappa shape index (κ2) is 8.30. The first-order chi connectivity index (χ1) is 12.5. The number of aryl methyl sites for hydroxylation is 1. The number of carbonyl (C=O) groups excluding carboxylic acids is 1. The third-order valence-electron chi connectivity index (χ3n) is 4.92. The fraction of sp³-hybridized carbons (Fsp3) is 0.647. The molecule has 3 heterocycles. The fourth-order valence-corrected chi connectivity index (χ4v) is 4.07. The van der Waals surface area contributed by atoms with Crippen LogP contribution >= 0.6 is 15.9 Å². The second-order valence-electron chi connectivity index (χ2n) is 6.49. The number of nitrogens with zero attached hydrogens (tertiary/aromatic N) is 7. The fourth-order valence-electron chi connectivity index (χ4n) is 3.47. The first-order valence-electron chi connectivity index (χ1n) is 9.13. The molecule has 0 N–H and O–H groups in total. The van der Waals surface area contributed by atoms with Crippen LogP contribution in [0.15, 0.2) is 10.9 Å². The number of hydrogen-bond acceptors (Lipinski definition) is 6. The van der Waals surface area contributed by atoms with Gasteiger partial charge < -0.3 is 9.80 Å². The highest BCUT2D eigenvalue weighted by Gasteiger charge is 2.23. The highest BCUT2D eigenvalue weighted by molar-refractivity contribution is 9.10. The van der Waals surface area contributed by atoms with Crippen LogP contribution in [0.4, 0.5) is 5.82 Å². The summed E-state index contributed by atoms with van der Waals surface area (Å²) in [4.78, 5) is 27.7. The Labute approximate surface area is 162 Å². The number of amides is 1. The van der Waals surface area contributed by atoms with Gasteiger partial charge in [-0.2, -0.15) is 5.10 Å². The molecule has 1 aliphatic rings. The lowest BCUT2D eigenvalue weighted by Crippen LogP contribution is -2.41. The van der Waals surface area contributed by atoms with Gasteiger partial charge in [-0.15, -0.1) is 0 Å². The van der Waals surface area contributed by atoms with Gasteiger partial charge in [-0.1, -0.05) is 0 Å². The Balaban J connectivity index is 1.73. The number of rotatable bonds is 5. The van der Waals surface area contributed by atoms with Crippen molar-refractivity contribution < 1.29 is 4.79 Å². The molecule has 0 aromatic carbocycles. The standard InChI is InChI=1S/C17H26BrN7O/c1-4-24(5-2)13(26)11-23-7-6-8-25(10-9-23)17-14-15(18)21-22(3)16(14)19-12-20-17/h12H,4-11H2,1-3H3. The van der Waals surface area contributed by atoms with Crippen molar-refractivity contribution in [1.82, 2.24) is 29.5 Å². The van der Waals surface area contributed by atoms with Gasteiger partial charge in [0.1, 0.15) is 16.7 Å². The molecule has 0 radical (unpaired) electrons. The van der Waals surface area contributed by atoms with Gasteiger partial charge in [-0.3, -0.25) is 9.69 Å². The summed E-state index contributed by atoms with van der Waals surface area (Å²) in [5.74, 6) is 1.12. The summed E-state index contributed by atoms with van der Waals surface area (Å²) in [5, 5.41) is 5.35. The van der Waals surface area contributed by atoms with Gasteiger partial charge in [0.25, 0.3) is 0 Å². The van der Waals surface area contributed by atoms with Crippen molar-refractivity contribution in [3.8, 4) is 0 Å². The second-order valence-corrected chi connectivity index (χ2v) is 7.24. The van der Waals surface area contributed by atoms with E-state index < -0.39 is 0 Å². The molecule has 1 saturated heterocycles.